The summed E-state index contributed by atoms with van der Waals surface area (Å²) in [7, 11) is -2.59. The van der Waals surface area contributed by atoms with E-state index in [1.807, 2.05) is 26.0 Å². The maximum absolute atomic E-state index is 13.5. The topological polar surface area (TPSA) is 84.0 Å². The van der Waals surface area contributed by atoms with Crippen LogP contribution >= 0.6 is 0 Å². The molecule has 3 rings (SSSR count). The number of methoxy groups -OCH3 is 1. The van der Waals surface area contributed by atoms with E-state index in [0.717, 1.165) is 11.1 Å². The second-order valence-corrected chi connectivity index (χ2v) is 9.66. The van der Waals surface area contributed by atoms with Crippen LogP contribution in [0.5, 0.6) is 0 Å². The van der Waals surface area contributed by atoms with Crippen molar-refractivity contribution in [2.45, 2.75) is 31.6 Å². The van der Waals surface area contributed by atoms with Gasteiger partial charge in [0, 0.05) is 13.1 Å². The van der Waals surface area contributed by atoms with Gasteiger partial charge in [-0.15, -0.1) is 0 Å². The molecule has 1 aliphatic rings. The third-order valence-electron chi connectivity index (χ3n) is 5.63. The molecule has 1 fully saturated rings. The number of esters is 1. The smallest absolute Gasteiger partial charge is 0.308 e. The molecule has 0 aliphatic carbocycles. The van der Waals surface area contributed by atoms with Crippen molar-refractivity contribution in [2.24, 2.45) is 5.92 Å². The number of sulfonamides is 1. The maximum Gasteiger partial charge on any atom is 0.308 e. The average Bonchev–Trinajstić information content (AvgIpc) is 2.79. The lowest BCUT2D eigenvalue weighted by atomic mass is 9.97. The van der Waals surface area contributed by atoms with Gasteiger partial charge in [0.2, 0.25) is 5.91 Å². The molecule has 0 bridgehead atoms. The third-order valence-corrected chi connectivity index (χ3v) is 7.40. The van der Waals surface area contributed by atoms with E-state index < -0.39 is 10.0 Å². The van der Waals surface area contributed by atoms with Gasteiger partial charge in [-0.25, -0.2) is 8.42 Å². The average molecular weight is 445 g/mol. The van der Waals surface area contributed by atoms with Gasteiger partial charge in [-0.3, -0.25) is 13.9 Å². The number of rotatable bonds is 6. The number of ether oxygens (including phenoxy) is 1. The lowest BCUT2D eigenvalue weighted by Gasteiger charge is -2.33. The second-order valence-electron chi connectivity index (χ2n) is 7.79. The van der Waals surface area contributed by atoms with E-state index in [2.05, 4.69) is 0 Å². The molecule has 0 radical (unpaired) electrons. The standard InChI is InChI=1S/C23H28N2O5S/c1-17-9-10-18(2)21(15-17)25(31(28,29)20-7-5-4-6-8-20)16-22(26)24-13-11-19(12-14-24)23(27)30-3/h4-10,15,19H,11-14,16H2,1-3H3. The van der Waals surface area contributed by atoms with E-state index in [0.29, 0.717) is 31.6 Å². The maximum atomic E-state index is 13.5. The number of amides is 1. The highest BCUT2D eigenvalue weighted by molar-refractivity contribution is 7.92. The molecule has 0 atom stereocenters. The van der Waals surface area contributed by atoms with E-state index in [9.17, 15) is 18.0 Å². The molecule has 2 aromatic carbocycles. The Balaban J connectivity index is 1.89. The van der Waals surface area contributed by atoms with E-state index in [-0.39, 0.29) is 29.2 Å². The summed E-state index contributed by atoms with van der Waals surface area (Å²) in [6.45, 7) is 4.20. The van der Waals surface area contributed by atoms with Crippen LogP contribution in [-0.4, -0.2) is 51.9 Å². The molecule has 1 aliphatic heterocycles. The van der Waals surface area contributed by atoms with Gasteiger partial charge in [0.05, 0.1) is 23.6 Å². The fraction of sp³-hybridized carbons (Fsp3) is 0.391. The van der Waals surface area contributed by atoms with Crippen molar-refractivity contribution in [3.8, 4) is 0 Å². The van der Waals surface area contributed by atoms with Crippen LogP contribution in [0.15, 0.2) is 53.4 Å². The molecular formula is C23H28N2O5S. The summed E-state index contributed by atoms with van der Waals surface area (Å²) in [4.78, 5) is 26.6. The van der Waals surface area contributed by atoms with Crippen molar-refractivity contribution in [3.05, 3.63) is 59.7 Å². The van der Waals surface area contributed by atoms with Crippen LogP contribution in [0.25, 0.3) is 0 Å². The molecular weight excluding hydrogens is 416 g/mol. The van der Waals surface area contributed by atoms with Crippen LogP contribution < -0.4 is 4.31 Å². The van der Waals surface area contributed by atoms with Crippen LogP contribution in [0, 0.1) is 19.8 Å². The van der Waals surface area contributed by atoms with E-state index in [1.54, 1.807) is 29.2 Å². The Hall–Kier alpha value is -2.87. The Morgan fingerprint density at radius 3 is 2.32 bits per heavy atom. The molecule has 7 nitrogen and oxygen atoms in total. The summed E-state index contributed by atoms with van der Waals surface area (Å²) in [5, 5.41) is 0. The first-order valence-corrected chi connectivity index (χ1v) is 11.7. The zero-order valence-electron chi connectivity index (χ0n) is 18.1. The summed E-state index contributed by atoms with van der Waals surface area (Å²) in [6, 6.07) is 13.7. The Labute approximate surface area is 183 Å². The first-order valence-electron chi connectivity index (χ1n) is 10.2. The summed E-state index contributed by atoms with van der Waals surface area (Å²) in [5.41, 5.74) is 2.16. The predicted molar refractivity (Wildman–Crippen MR) is 118 cm³/mol. The lowest BCUT2D eigenvalue weighted by molar-refractivity contribution is -0.148. The fourth-order valence-electron chi connectivity index (χ4n) is 3.76. The van der Waals surface area contributed by atoms with Gasteiger partial charge in [0.25, 0.3) is 10.0 Å². The largest absolute Gasteiger partial charge is 0.469 e. The van der Waals surface area contributed by atoms with E-state index in [4.69, 9.17) is 4.74 Å². The highest BCUT2D eigenvalue weighted by Gasteiger charge is 2.32. The molecule has 0 spiro atoms. The number of hydrogen-bond acceptors (Lipinski definition) is 5. The number of carbonyl (C=O) groups excluding carboxylic acids is 2. The quantitative estimate of drug-likeness (QED) is 0.640. The first kappa shape index (κ1) is 22.8. The summed E-state index contributed by atoms with van der Waals surface area (Å²) < 4.78 is 33.0. The second kappa shape index (κ2) is 9.51. The van der Waals surface area contributed by atoms with Crippen LogP contribution in [-0.2, 0) is 24.3 Å². The Kier molecular flexibility index (Phi) is 7.00. The molecule has 1 heterocycles. The van der Waals surface area contributed by atoms with Crippen LogP contribution in [0.1, 0.15) is 24.0 Å². The van der Waals surface area contributed by atoms with Crippen molar-refractivity contribution in [1.29, 1.82) is 0 Å². The molecule has 31 heavy (non-hydrogen) atoms. The number of nitrogens with zero attached hydrogens (tertiary/aromatic N) is 2. The van der Waals surface area contributed by atoms with Gasteiger partial charge in [-0.1, -0.05) is 30.3 Å². The summed E-state index contributed by atoms with van der Waals surface area (Å²) in [6.07, 6.45) is 1.01. The normalized spacial score (nSPS) is 14.9. The van der Waals surface area contributed by atoms with Gasteiger partial charge < -0.3 is 9.64 Å². The minimum atomic E-state index is -3.94. The van der Waals surface area contributed by atoms with Crippen LogP contribution in [0.4, 0.5) is 5.69 Å². The predicted octanol–water partition coefficient (Wildman–Crippen LogP) is 2.91. The minimum Gasteiger partial charge on any atom is -0.469 e. The Morgan fingerprint density at radius 2 is 1.71 bits per heavy atom. The number of anilines is 1. The van der Waals surface area contributed by atoms with Crippen molar-refractivity contribution < 1.29 is 22.7 Å². The lowest BCUT2D eigenvalue weighted by Crippen LogP contribution is -2.47. The first-order chi connectivity index (χ1) is 14.7. The van der Waals surface area contributed by atoms with Crippen molar-refractivity contribution in [2.75, 3.05) is 31.0 Å². The van der Waals surface area contributed by atoms with E-state index in [1.165, 1.54) is 23.5 Å². The van der Waals surface area contributed by atoms with Crippen LogP contribution in [0.2, 0.25) is 0 Å². The van der Waals surface area contributed by atoms with Crippen molar-refractivity contribution in [1.82, 2.24) is 4.90 Å². The van der Waals surface area contributed by atoms with Gasteiger partial charge >= 0.3 is 5.97 Å². The van der Waals surface area contributed by atoms with Gasteiger partial charge in [-0.2, -0.15) is 0 Å². The number of benzene rings is 2. The molecule has 0 aromatic heterocycles. The van der Waals surface area contributed by atoms with Crippen molar-refractivity contribution in [3.63, 3.8) is 0 Å². The molecule has 8 heteroatoms. The Bertz CT molecular complexity index is 1040. The number of likely N-dealkylation sites (tertiary alicyclic amines) is 1. The van der Waals surface area contributed by atoms with Crippen molar-refractivity contribution >= 4 is 27.6 Å². The molecule has 0 unspecified atom stereocenters. The zero-order valence-corrected chi connectivity index (χ0v) is 18.9. The molecule has 1 amide bonds. The molecule has 0 saturated carbocycles. The molecule has 2 aromatic rings. The van der Waals surface area contributed by atoms with E-state index >= 15 is 0 Å². The zero-order chi connectivity index (χ0) is 22.6. The van der Waals surface area contributed by atoms with Gasteiger partial charge in [0.1, 0.15) is 6.54 Å². The highest BCUT2D eigenvalue weighted by Crippen LogP contribution is 2.28. The summed E-state index contributed by atoms with van der Waals surface area (Å²) in [5.74, 6) is -0.781. The SMILES string of the molecule is COC(=O)C1CCN(C(=O)CN(c2cc(C)ccc2C)S(=O)(=O)c2ccccc2)CC1. The third kappa shape index (κ3) is 5.07. The summed E-state index contributed by atoms with van der Waals surface area (Å²) >= 11 is 0. The molecule has 166 valence electrons. The van der Waals surface area contributed by atoms with Gasteiger partial charge in [-0.05, 0) is 56.0 Å². The van der Waals surface area contributed by atoms with Crippen LogP contribution in [0.3, 0.4) is 0 Å². The number of carbonyl (C=O) groups is 2. The number of piperidine rings is 1. The highest BCUT2D eigenvalue weighted by atomic mass is 32.2. The fourth-order valence-corrected chi connectivity index (χ4v) is 5.25. The number of aryl methyl sites for hydroxylation is 2. The number of hydrogen-bond donors (Lipinski definition) is 0. The monoisotopic (exact) mass is 444 g/mol. The Morgan fingerprint density at radius 1 is 1.06 bits per heavy atom. The molecule has 0 N–H and O–H groups in total. The minimum absolute atomic E-state index is 0.133. The van der Waals surface area contributed by atoms with Gasteiger partial charge in [0.15, 0.2) is 0 Å². The molecule has 1 saturated heterocycles.